The molecule has 6 nitrogen and oxygen atoms in total. The van der Waals surface area contributed by atoms with Crippen LogP contribution in [0.4, 0.5) is 4.79 Å². The maximum absolute atomic E-state index is 12.4. The molecule has 0 spiro atoms. The average molecular weight is 336 g/mol. The van der Waals surface area contributed by atoms with Crippen molar-refractivity contribution >= 4 is 12.0 Å². The number of phenolic OH excluding ortho intramolecular Hbond substituents is 1. The zero-order valence-electron chi connectivity index (χ0n) is 15.1. The van der Waals surface area contributed by atoms with Crippen molar-refractivity contribution in [1.29, 1.82) is 0 Å². The highest BCUT2D eigenvalue weighted by Crippen LogP contribution is 2.12. The van der Waals surface area contributed by atoms with Gasteiger partial charge in [0.05, 0.1) is 0 Å². The van der Waals surface area contributed by atoms with Crippen LogP contribution in [0.1, 0.15) is 40.2 Å². The number of aromatic hydroxyl groups is 1. The van der Waals surface area contributed by atoms with Crippen molar-refractivity contribution in [3.05, 3.63) is 29.8 Å². The standard InChI is InChI=1S/C18H28N2O4/c1-12(2)11-19-16(22)15(20-17(23)24-18(3,4)5)10-13-6-8-14(21)9-7-13/h6-9,12,15,21H,10-11H2,1-5H3,(H,19,22)(H,20,23)/t15-/m0/s1. The van der Waals surface area contributed by atoms with Gasteiger partial charge in [-0.2, -0.15) is 0 Å². The van der Waals surface area contributed by atoms with Gasteiger partial charge in [0, 0.05) is 13.0 Å². The molecular weight excluding hydrogens is 308 g/mol. The summed E-state index contributed by atoms with van der Waals surface area (Å²) in [5.74, 6) is 0.201. The molecular formula is C18H28N2O4. The van der Waals surface area contributed by atoms with E-state index in [-0.39, 0.29) is 11.7 Å². The summed E-state index contributed by atoms with van der Waals surface area (Å²) < 4.78 is 5.23. The fraction of sp³-hybridized carbons (Fsp3) is 0.556. The monoisotopic (exact) mass is 336 g/mol. The normalized spacial score (nSPS) is 12.6. The minimum Gasteiger partial charge on any atom is -0.508 e. The molecule has 0 aromatic heterocycles. The van der Waals surface area contributed by atoms with Crippen LogP contribution in [0.3, 0.4) is 0 Å². The van der Waals surface area contributed by atoms with Crippen LogP contribution in [0.2, 0.25) is 0 Å². The Morgan fingerprint density at radius 2 is 1.75 bits per heavy atom. The molecule has 2 amide bonds. The molecule has 1 aromatic rings. The summed E-state index contributed by atoms with van der Waals surface area (Å²) in [5, 5.41) is 14.8. The summed E-state index contributed by atoms with van der Waals surface area (Å²) in [5.41, 5.74) is 0.190. The third kappa shape index (κ3) is 7.85. The van der Waals surface area contributed by atoms with Crippen LogP contribution < -0.4 is 10.6 Å². The third-order valence-corrected chi connectivity index (χ3v) is 3.07. The van der Waals surface area contributed by atoms with Gasteiger partial charge in [-0.3, -0.25) is 4.79 Å². The summed E-state index contributed by atoms with van der Waals surface area (Å²) in [6, 6.07) is 5.78. The highest BCUT2D eigenvalue weighted by Gasteiger charge is 2.24. The lowest BCUT2D eigenvalue weighted by Gasteiger charge is -2.23. The van der Waals surface area contributed by atoms with Crippen molar-refractivity contribution in [2.45, 2.75) is 52.7 Å². The summed E-state index contributed by atoms with van der Waals surface area (Å²) in [4.78, 5) is 24.4. The van der Waals surface area contributed by atoms with E-state index in [1.54, 1.807) is 45.0 Å². The van der Waals surface area contributed by atoms with Gasteiger partial charge in [-0.05, 0) is 44.4 Å². The smallest absolute Gasteiger partial charge is 0.408 e. The zero-order valence-corrected chi connectivity index (χ0v) is 15.1. The Morgan fingerprint density at radius 3 is 2.25 bits per heavy atom. The topological polar surface area (TPSA) is 87.7 Å². The second kappa shape index (κ2) is 8.57. The Morgan fingerprint density at radius 1 is 1.17 bits per heavy atom. The van der Waals surface area contributed by atoms with E-state index in [4.69, 9.17) is 4.74 Å². The number of carbonyl (C=O) groups excluding carboxylic acids is 2. The van der Waals surface area contributed by atoms with E-state index in [0.29, 0.717) is 18.9 Å². The minimum atomic E-state index is -0.747. The van der Waals surface area contributed by atoms with E-state index in [2.05, 4.69) is 10.6 Å². The molecule has 3 N–H and O–H groups in total. The molecule has 0 aliphatic rings. The molecule has 134 valence electrons. The van der Waals surface area contributed by atoms with E-state index in [1.807, 2.05) is 13.8 Å². The Labute approximate surface area is 143 Å². The quantitative estimate of drug-likeness (QED) is 0.745. The molecule has 24 heavy (non-hydrogen) atoms. The number of nitrogens with one attached hydrogen (secondary N) is 2. The number of alkyl carbamates (subject to hydrolysis) is 1. The largest absolute Gasteiger partial charge is 0.508 e. The minimum absolute atomic E-state index is 0.152. The van der Waals surface area contributed by atoms with Gasteiger partial charge in [-0.1, -0.05) is 26.0 Å². The van der Waals surface area contributed by atoms with Crippen molar-refractivity contribution in [2.24, 2.45) is 5.92 Å². The molecule has 0 bridgehead atoms. The van der Waals surface area contributed by atoms with E-state index in [1.165, 1.54) is 0 Å². The maximum atomic E-state index is 12.4. The van der Waals surface area contributed by atoms with Gasteiger partial charge in [0.25, 0.3) is 0 Å². The maximum Gasteiger partial charge on any atom is 0.408 e. The molecule has 0 heterocycles. The van der Waals surface area contributed by atoms with Crippen molar-refractivity contribution in [1.82, 2.24) is 10.6 Å². The first-order valence-corrected chi connectivity index (χ1v) is 8.12. The predicted molar refractivity (Wildman–Crippen MR) is 92.8 cm³/mol. The molecule has 0 saturated heterocycles. The van der Waals surface area contributed by atoms with E-state index < -0.39 is 17.7 Å². The lowest BCUT2D eigenvalue weighted by atomic mass is 10.0. The Hall–Kier alpha value is -2.24. The highest BCUT2D eigenvalue weighted by molar-refractivity contribution is 5.86. The van der Waals surface area contributed by atoms with Gasteiger partial charge >= 0.3 is 6.09 Å². The van der Waals surface area contributed by atoms with Gasteiger partial charge in [-0.15, -0.1) is 0 Å². The van der Waals surface area contributed by atoms with Crippen LogP contribution in [0.25, 0.3) is 0 Å². The molecule has 0 aliphatic heterocycles. The van der Waals surface area contributed by atoms with Gasteiger partial charge < -0.3 is 20.5 Å². The first-order chi connectivity index (χ1) is 11.1. The number of hydrogen-bond acceptors (Lipinski definition) is 4. The number of carbonyl (C=O) groups is 2. The lowest BCUT2D eigenvalue weighted by Crippen LogP contribution is -2.49. The zero-order chi connectivity index (χ0) is 18.3. The fourth-order valence-electron chi connectivity index (χ4n) is 1.95. The molecule has 0 aliphatic carbocycles. The predicted octanol–water partition coefficient (Wildman–Crippen LogP) is 2.60. The molecule has 0 unspecified atom stereocenters. The number of hydrogen-bond donors (Lipinski definition) is 3. The molecule has 0 radical (unpaired) electrons. The first-order valence-electron chi connectivity index (χ1n) is 8.12. The summed E-state index contributed by atoms with van der Waals surface area (Å²) in [6.07, 6.45) is -0.324. The molecule has 6 heteroatoms. The van der Waals surface area contributed by atoms with Crippen LogP contribution >= 0.6 is 0 Å². The number of ether oxygens (including phenoxy) is 1. The van der Waals surface area contributed by atoms with Crippen molar-refractivity contribution in [3.8, 4) is 5.75 Å². The Kier molecular flexibility index (Phi) is 7.07. The van der Waals surface area contributed by atoms with Gasteiger partial charge in [0.2, 0.25) is 5.91 Å². The second-order valence-electron chi connectivity index (χ2n) is 7.21. The van der Waals surface area contributed by atoms with Crippen LogP contribution in [-0.4, -0.2) is 35.3 Å². The summed E-state index contributed by atoms with van der Waals surface area (Å²) in [6.45, 7) is 9.81. The SMILES string of the molecule is CC(C)CNC(=O)[C@H](Cc1ccc(O)cc1)NC(=O)OC(C)(C)C. The van der Waals surface area contributed by atoms with Gasteiger partial charge in [-0.25, -0.2) is 4.79 Å². The second-order valence-corrected chi connectivity index (χ2v) is 7.21. The number of rotatable bonds is 6. The molecule has 1 aromatic carbocycles. The van der Waals surface area contributed by atoms with Crippen LogP contribution in [0.15, 0.2) is 24.3 Å². The summed E-state index contributed by atoms with van der Waals surface area (Å²) in [7, 11) is 0. The van der Waals surface area contributed by atoms with E-state index in [0.717, 1.165) is 5.56 Å². The number of benzene rings is 1. The van der Waals surface area contributed by atoms with E-state index >= 15 is 0 Å². The Balaban J connectivity index is 2.79. The van der Waals surface area contributed by atoms with Gasteiger partial charge in [0.15, 0.2) is 0 Å². The lowest BCUT2D eigenvalue weighted by molar-refractivity contribution is -0.123. The number of amides is 2. The van der Waals surface area contributed by atoms with E-state index in [9.17, 15) is 14.7 Å². The van der Waals surface area contributed by atoms with Crippen LogP contribution in [0, 0.1) is 5.92 Å². The first kappa shape index (κ1) is 19.8. The van der Waals surface area contributed by atoms with Crippen molar-refractivity contribution in [3.63, 3.8) is 0 Å². The molecule has 1 rings (SSSR count). The van der Waals surface area contributed by atoms with Crippen LogP contribution in [0.5, 0.6) is 5.75 Å². The van der Waals surface area contributed by atoms with Crippen molar-refractivity contribution < 1.29 is 19.4 Å². The number of phenols is 1. The third-order valence-electron chi connectivity index (χ3n) is 3.07. The average Bonchev–Trinajstić information content (AvgIpc) is 2.44. The fourth-order valence-corrected chi connectivity index (χ4v) is 1.95. The summed E-state index contributed by atoms with van der Waals surface area (Å²) >= 11 is 0. The molecule has 0 saturated carbocycles. The highest BCUT2D eigenvalue weighted by atomic mass is 16.6. The Bertz CT molecular complexity index is 547. The molecule has 0 fully saturated rings. The van der Waals surface area contributed by atoms with Crippen LogP contribution in [-0.2, 0) is 16.0 Å². The molecule has 1 atom stereocenters. The van der Waals surface area contributed by atoms with Crippen molar-refractivity contribution in [2.75, 3.05) is 6.54 Å². The van der Waals surface area contributed by atoms with Gasteiger partial charge in [0.1, 0.15) is 17.4 Å².